The molecule has 0 radical (unpaired) electrons. The van der Waals surface area contributed by atoms with E-state index in [0.29, 0.717) is 11.7 Å². The van der Waals surface area contributed by atoms with Crippen LogP contribution in [-0.4, -0.2) is 20.4 Å². The summed E-state index contributed by atoms with van der Waals surface area (Å²) in [7, 11) is 0. The Labute approximate surface area is 79.3 Å². The summed E-state index contributed by atoms with van der Waals surface area (Å²) in [5.74, 6) is 0.222. The summed E-state index contributed by atoms with van der Waals surface area (Å²) in [6, 6.07) is 0. The third kappa shape index (κ3) is 3.19. The minimum atomic E-state index is 0.222. The van der Waals surface area contributed by atoms with Crippen LogP contribution in [0.1, 0.15) is 13.3 Å². The summed E-state index contributed by atoms with van der Waals surface area (Å²) in [5.41, 5.74) is 5.26. The van der Waals surface area contributed by atoms with Crippen molar-refractivity contribution in [3.05, 3.63) is 6.33 Å². The summed E-state index contributed by atoms with van der Waals surface area (Å²) >= 11 is 2.97. The van der Waals surface area contributed by atoms with E-state index in [2.05, 4.69) is 9.36 Å². The average Bonchev–Trinajstić information content (AvgIpc) is 2.37. The zero-order valence-electron chi connectivity index (χ0n) is 6.65. The van der Waals surface area contributed by atoms with Gasteiger partial charge in [0.1, 0.15) is 6.33 Å². The van der Waals surface area contributed by atoms with Crippen LogP contribution in [0.3, 0.4) is 0 Å². The Bertz CT molecular complexity index is 246. The van der Waals surface area contributed by atoms with E-state index in [1.807, 2.05) is 6.92 Å². The minimum Gasteiger partial charge on any atom is -0.388 e. The number of nitrogens with two attached hydrogens (primary N) is 1. The number of nitrogens with zero attached hydrogens (tertiary/aromatic N) is 2. The summed E-state index contributed by atoms with van der Waals surface area (Å²) in [6.07, 6.45) is 2.14. The molecule has 3 N–H and O–H groups in total. The van der Waals surface area contributed by atoms with Crippen molar-refractivity contribution in [3.63, 3.8) is 0 Å². The quantitative estimate of drug-likeness (QED) is 0.439. The monoisotopic (exact) mass is 202 g/mol. The van der Waals surface area contributed by atoms with E-state index in [-0.39, 0.29) is 5.84 Å². The lowest BCUT2D eigenvalue weighted by Crippen LogP contribution is -2.14. The van der Waals surface area contributed by atoms with Gasteiger partial charge in [0.25, 0.3) is 0 Å². The molecular weight excluding hydrogens is 192 g/mol. The first-order valence-corrected chi connectivity index (χ1v) is 5.10. The van der Waals surface area contributed by atoms with Crippen molar-refractivity contribution in [3.8, 4) is 0 Å². The molecule has 66 valence electrons. The molecule has 12 heavy (non-hydrogen) atoms. The molecule has 0 aromatic carbocycles. The van der Waals surface area contributed by atoms with Gasteiger partial charge in [0, 0.05) is 11.7 Å². The predicted octanol–water partition coefficient (Wildman–Crippen LogP) is 1.34. The highest BCUT2D eigenvalue weighted by Gasteiger charge is 2.07. The molecule has 1 rings (SSSR count). The van der Waals surface area contributed by atoms with E-state index >= 15 is 0 Å². The third-order valence-electron chi connectivity index (χ3n) is 1.15. The molecule has 0 amide bonds. The normalized spacial score (nSPS) is 12.8. The number of aromatic nitrogens is 2. The zero-order chi connectivity index (χ0) is 8.97. The second kappa shape index (κ2) is 4.42. The van der Waals surface area contributed by atoms with Crippen LogP contribution in [0.25, 0.3) is 0 Å². The molecule has 1 atom stereocenters. The fraction of sp³-hybridized carbons (Fsp3) is 0.500. The second-order valence-corrected chi connectivity index (χ2v) is 4.83. The first-order chi connectivity index (χ1) is 5.68. The lowest BCUT2D eigenvalue weighted by Gasteiger charge is -2.05. The molecule has 0 saturated heterocycles. The van der Waals surface area contributed by atoms with Gasteiger partial charge in [-0.15, -0.1) is 0 Å². The van der Waals surface area contributed by atoms with Crippen LogP contribution in [0.15, 0.2) is 10.7 Å². The molecule has 0 aliphatic rings. The topological polar surface area (TPSA) is 75.7 Å². The van der Waals surface area contributed by atoms with Crippen molar-refractivity contribution >= 4 is 29.1 Å². The highest BCUT2D eigenvalue weighted by Crippen LogP contribution is 2.24. The van der Waals surface area contributed by atoms with Gasteiger partial charge in [0.2, 0.25) is 0 Å². The number of hydrogen-bond acceptors (Lipinski definition) is 5. The Hall–Kier alpha value is -0.620. The van der Waals surface area contributed by atoms with E-state index in [1.165, 1.54) is 17.9 Å². The lowest BCUT2D eigenvalue weighted by atomic mass is 10.3. The van der Waals surface area contributed by atoms with Crippen LogP contribution in [0.5, 0.6) is 0 Å². The van der Waals surface area contributed by atoms with E-state index in [1.54, 1.807) is 11.8 Å². The van der Waals surface area contributed by atoms with Gasteiger partial charge in [-0.1, -0.05) is 18.7 Å². The average molecular weight is 202 g/mol. The van der Waals surface area contributed by atoms with E-state index < -0.39 is 0 Å². The Kier molecular flexibility index (Phi) is 3.48. The standard InChI is InChI=1S/C6H10N4S2/c1-4(2-5(7)8)11-6-9-3-10-12-6/h3-4H,2H2,1H3,(H3,7,8). The first kappa shape index (κ1) is 9.47. The van der Waals surface area contributed by atoms with E-state index in [4.69, 9.17) is 11.1 Å². The van der Waals surface area contributed by atoms with Crippen LogP contribution in [0.2, 0.25) is 0 Å². The molecule has 1 unspecified atom stereocenters. The predicted molar refractivity (Wildman–Crippen MR) is 51.8 cm³/mol. The largest absolute Gasteiger partial charge is 0.388 e. The molecule has 0 spiro atoms. The molecule has 1 aromatic rings. The van der Waals surface area contributed by atoms with Crippen molar-refractivity contribution in [1.29, 1.82) is 5.41 Å². The Balaban J connectivity index is 2.36. The Morgan fingerprint density at radius 2 is 2.67 bits per heavy atom. The number of hydrogen-bond donors (Lipinski definition) is 2. The zero-order valence-corrected chi connectivity index (χ0v) is 8.28. The van der Waals surface area contributed by atoms with Crippen LogP contribution in [-0.2, 0) is 0 Å². The maximum Gasteiger partial charge on any atom is 0.170 e. The summed E-state index contributed by atoms with van der Waals surface area (Å²) in [5, 5.41) is 7.39. The fourth-order valence-electron chi connectivity index (χ4n) is 0.738. The van der Waals surface area contributed by atoms with Crippen molar-refractivity contribution in [2.45, 2.75) is 22.9 Å². The smallest absolute Gasteiger partial charge is 0.170 e. The van der Waals surface area contributed by atoms with Crippen LogP contribution in [0, 0.1) is 5.41 Å². The van der Waals surface area contributed by atoms with Gasteiger partial charge in [0.05, 0.1) is 5.84 Å². The first-order valence-electron chi connectivity index (χ1n) is 3.44. The number of amidine groups is 1. The lowest BCUT2D eigenvalue weighted by molar-refractivity contribution is 0.993. The van der Waals surface area contributed by atoms with E-state index in [0.717, 1.165) is 4.34 Å². The maximum atomic E-state index is 7.09. The van der Waals surface area contributed by atoms with Crippen molar-refractivity contribution in [2.75, 3.05) is 0 Å². The molecule has 0 saturated carbocycles. The third-order valence-corrected chi connectivity index (χ3v) is 3.00. The molecular formula is C6H10N4S2. The molecule has 0 aliphatic carbocycles. The second-order valence-electron chi connectivity index (χ2n) is 2.37. The van der Waals surface area contributed by atoms with Crippen LogP contribution < -0.4 is 5.73 Å². The number of rotatable bonds is 4. The van der Waals surface area contributed by atoms with Gasteiger partial charge in [0.15, 0.2) is 4.34 Å². The van der Waals surface area contributed by atoms with Crippen molar-refractivity contribution in [2.24, 2.45) is 5.73 Å². The van der Waals surface area contributed by atoms with Gasteiger partial charge in [-0.25, -0.2) is 4.98 Å². The van der Waals surface area contributed by atoms with Crippen LogP contribution in [0.4, 0.5) is 0 Å². The fourth-order valence-corrected chi connectivity index (χ4v) is 2.53. The molecule has 4 nitrogen and oxygen atoms in total. The molecule has 0 fully saturated rings. The molecule has 1 heterocycles. The van der Waals surface area contributed by atoms with Gasteiger partial charge >= 0.3 is 0 Å². The summed E-state index contributed by atoms with van der Waals surface area (Å²) in [4.78, 5) is 4.02. The summed E-state index contributed by atoms with van der Waals surface area (Å²) in [6.45, 7) is 2.02. The minimum absolute atomic E-state index is 0.222. The number of thioether (sulfide) groups is 1. The van der Waals surface area contributed by atoms with Gasteiger partial charge in [-0.3, -0.25) is 5.41 Å². The highest BCUT2D eigenvalue weighted by molar-refractivity contribution is 8.01. The molecule has 0 bridgehead atoms. The van der Waals surface area contributed by atoms with Crippen molar-refractivity contribution < 1.29 is 0 Å². The van der Waals surface area contributed by atoms with E-state index in [9.17, 15) is 0 Å². The molecule has 6 heteroatoms. The van der Waals surface area contributed by atoms with Gasteiger partial charge in [-0.2, -0.15) is 4.37 Å². The number of nitrogens with one attached hydrogen (secondary N) is 1. The maximum absolute atomic E-state index is 7.09. The molecule has 0 aliphatic heterocycles. The van der Waals surface area contributed by atoms with Crippen molar-refractivity contribution in [1.82, 2.24) is 9.36 Å². The van der Waals surface area contributed by atoms with Gasteiger partial charge < -0.3 is 5.73 Å². The Morgan fingerprint density at radius 1 is 1.92 bits per heavy atom. The molecule has 1 aromatic heterocycles. The SMILES string of the molecule is CC(CC(=N)N)Sc1ncns1. The summed E-state index contributed by atoms with van der Waals surface area (Å²) < 4.78 is 4.81. The highest BCUT2D eigenvalue weighted by atomic mass is 32.2. The Morgan fingerprint density at radius 3 is 3.17 bits per heavy atom. The van der Waals surface area contributed by atoms with Gasteiger partial charge in [-0.05, 0) is 11.5 Å². The van der Waals surface area contributed by atoms with Crippen LogP contribution >= 0.6 is 23.3 Å².